The van der Waals surface area contributed by atoms with Crippen LogP contribution in [0.4, 0.5) is 5.69 Å². The Morgan fingerprint density at radius 2 is 2.07 bits per heavy atom. The van der Waals surface area contributed by atoms with E-state index in [1.165, 1.54) is 0 Å². The molecule has 1 aromatic heterocycles. The maximum absolute atomic E-state index is 11.7. The normalized spacial score (nSPS) is 17.9. The van der Waals surface area contributed by atoms with Gasteiger partial charge >= 0.3 is 0 Å². The van der Waals surface area contributed by atoms with E-state index in [1.807, 2.05) is 55.6 Å². The van der Waals surface area contributed by atoms with Gasteiger partial charge in [0.25, 0.3) is 5.91 Å². The molecular formula is C20H15ClN4O2S. The van der Waals surface area contributed by atoms with Crippen LogP contribution in [0.5, 0.6) is 5.75 Å². The molecule has 2 aromatic carbocycles. The van der Waals surface area contributed by atoms with Crippen molar-refractivity contribution in [2.45, 2.75) is 17.3 Å². The van der Waals surface area contributed by atoms with E-state index >= 15 is 0 Å². The molecule has 1 atom stereocenters. The number of amides is 1. The van der Waals surface area contributed by atoms with E-state index in [1.54, 1.807) is 16.4 Å². The third-order valence-corrected chi connectivity index (χ3v) is 6.02. The second-order valence-electron chi connectivity index (χ2n) is 6.59. The average molecular weight is 411 g/mol. The number of imidazole rings is 1. The van der Waals surface area contributed by atoms with Crippen LogP contribution in [-0.4, -0.2) is 27.9 Å². The highest BCUT2D eigenvalue weighted by Crippen LogP contribution is 2.42. The highest BCUT2D eigenvalue weighted by molar-refractivity contribution is 8.00. The molecule has 8 heteroatoms. The van der Waals surface area contributed by atoms with Gasteiger partial charge in [0.2, 0.25) is 0 Å². The second kappa shape index (κ2) is 6.68. The minimum Gasteiger partial charge on any atom is -0.482 e. The molecule has 140 valence electrons. The Balaban J connectivity index is 1.63. The average Bonchev–Trinajstić information content (AvgIpc) is 3.06. The predicted molar refractivity (Wildman–Crippen MR) is 110 cm³/mol. The van der Waals surface area contributed by atoms with Crippen molar-refractivity contribution in [2.24, 2.45) is 5.10 Å². The first-order valence-corrected chi connectivity index (χ1v) is 9.96. The Bertz CT molecular complexity index is 1120. The van der Waals surface area contributed by atoms with E-state index < -0.39 is 0 Å². The third-order valence-electron chi connectivity index (χ3n) is 4.55. The zero-order valence-corrected chi connectivity index (χ0v) is 16.4. The van der Waals surface area contributed by atoms with Crippen LogP contribution in [-0.2, 0) is 4.79 Å². The van der Waals surface area contributed by atoms with Crippen molar-refractivity contribution >= 4 is 40.7 Å². The molecule has 6 nitrogen and oxygen atoms in total. The van der Waals surface area contributed by atoms with Gasteiger partial charge in [-0.2, -0.15) is 5.10 Å². The van der Waals surface area contributed by atoms with Crippen molar-refractivity contribution in [3.8, 4) is 5.75 Å². The van der Waals surface area contributed by atoms with Crippen LogP contribution in [0.3, 0.4) is 0 Å². The number of thioether (sulfide) groups is 1. The van der Waals surface area contributed by atoms with E-state index in [0.29, 0.717) is 16.5 Å². The van der Waals surface area contributed by atoms with Crippen LogP contribution in [0.15, 0.2) is 58.9 Å². The van der Waals surface area contributed by atoms with Gasteiger partial charge in [-0.25, -0.2) is 9.66 Å². The number of benzene rings is 2. The number of nitrogens with one attached hydrogen (secondary N) is 1. The number of aromatic nitrogens is 2. The molecule has 2 aliphatic rings. The summed E-state index contributed by atoms with van der Waals surface area (Å²) in [5.41, 5.74) is 4.43. The first-order valence-electron chi connectivity index (χ1n) is 8.71. The molecule has 0 aliphatic carbocycles. The summed E-state index contributed by atoms with van der Waals surface area (Å²) in [6.07, 6.45) is 1.91. The molecule has 5 rings (SSSR count). The van der Waals surface area contributed by atoms with Gasteiger partial charge in [-0.1, -0.05) is 35.5 Å². The number of halogens is 1. The minimum absolute atomic E-state index is 0.0359. The number of ether oxygens (including phenoxy) is 1. The fourth-order valence-corrected chi connectivity index (χ4v) is 4.58. The Morgan fingerprint density at radius 3 is 2.89 bits per heavy atom. The monoisotopic (exact) mass is 410 g/mol. The van der Waals surface area contributed by atoms with E-state index in [4.69, 9.17) is 21.4 Å². The van der Waals surface area contributed by atoms with E-state index in [-0.39, 0.29) is 17.8 Å². The lowest BCUT2D eigenvalue weighted by atomic mass is 10.0. The zero-order valence-electron chi connectivity index (χ0n) is 14.8. The summed E-state index contributed by atoms with van der Waals surface area (Å²) in [5, 5.41) is 9.19. The van der Waals surface area contributed by atoms with Crippen LogP contribution in [0, 0.1) is 6.92 Å². The summed E-state index contributed by atoms with van der Waals surface area (Å²) in [4.78, 5) is 16.3. The predicted octanol–water partition coefficient (Wildman–Crippen LogP) is 4.28. The largest absolute Gasteiger partial charge is 0.482 e. The number of anilines is 1. The smallest absolute Gasteiger partial charge is 0.262 e. The summed E-state index contributed by atoms with van der Waals surface area (Å²) in [7, 11) is 0. The Hall–Kier alpha value is -2.77. The van der Waals surface area contributed by atoms with Crippen LogP contribution >= 0.6 is 23.4 Å². The molecular weight excluding hydrogens is 396 g/mol. The van der Waals surface area contributed by atoms with Crippen molar-refractivity contribution in [1.82, 2.24) is 9.66 Å². The zero-order chi connectivity index (χ0) is 19.3. The van der Waals surface area contributed by atoms with E-state index in [2.05, 4.69) is 10.3 Å². The van der Waals surface area contributed by atoms with Gasteiger partial charge in [-0.3, -0.25) is 4.79 Å². The number of aryl methyl sites for hydroxylation is 1. The maximum Gasteiger partial charge on any atom is 0.262 e. The molecule has 0 radical (unpaired) electrons. The summed E-state index contributed by atoms with van der Waals surface area (Å²) in [6, 6.07) is 13.5. The number of carbonyl (C=O) groups excluding carboxylic acids is 1. The first kappa shape index (κ1) is 17.3. The fraction of sp³-hybridized carbons (Fsp3) is 0.150. The highest BCUT2D eigenvalue weighted by Gasteiger charge is 2.29. The van der Waals surface area contributed by atoms with Crippen LogP contribution < -0.4 is 10.1 Å². The van der Waals surface area contributed by atoms with Crippen molar-refractivity contribution < 1.29 is 9.53 Å². The first-order chi connectivity index (χ1) is 13.6. The van der Waals surface area contributed by atoms with Gasteiger partial charge in [-0.05, 0) is 42.8 Å². The number of nitrogens with zero attached hydrogens (tertiary/aromatic N) is 3. The van der Waals surface area contributed by atoms with Gasteiger partial charge in [0.1, 0.15) is 5.75 Å². The van der Waals surface area contributed by atoms with Crippen LogP contribution in [0.25, 0.3) is 0 Å². The number of hydrogen-bond acceptors (Lipinski definition) is 5. The van der Waals surface area contributed by atoms with E-state index in [0.717, 1.165) is 27.7 Å². The van der Waals surface area contributed by atoms with Gasteiger partial charge in [0, 0.05) is 10.6 Å². The summed E-state index contributed by atoms with van der Waals surface area (Å²) >= 11 is 7.71. The third kappa shape index (κ3) is 3.06. The SMILES string of the molecule is Cc1cn2c(n1)SC(c1ccc(Cl)cc1)C(c1ccc3c(c1)NC(=O)CO3)=N2. The Labute approximate surface area is 170 Å². The van der Waals surface area contributed by atoms with Crippen molar-refractivity contribution in [3.63, 3.8) is 0 Å². The highest BCUT2D eigenvalue weighted by atomic mass is 35.5. The standard InChI is InChI=1S/C20H15ClN4O2S/c1-11-9-25-20(22-11)28-19(12-2-5-14(21)6-3-12)18(24-25)13-4-7-16-15(8-13)23-17(26)10-27-16/h2-9,19H,10H2,1H3,(H,23,26). The van der Waals surface area contributed by atoms with Crippen LogP contribution in [0.1, 0.15) is 22.1 Å². The van der Waals surface area contributed by atoms with Crippen molar-refractivity contribution in [2.75, 3.05) is 11.9 Å². The number of fused-ring (bicyclic) bond motifs is 2. The van der Waals surface area contributed by atoms with Crippen LogP contribution in [0.2, 0.25) is 5.02 Å². The Morgan fingerprint density at radius 1 is 1.25 bits per heavy atom. The lowest BCUT2D eigenvalue weighted by Gasteiger charge is -2.25. The van der Waals surface area contributed by atoms with Gasteiger partial charge in [-0.15, -0.1) is 0 Å². The Kier molecular flexibility index (Phi) is 4.14. The molecule has 2 aliphatic heterocycles. The van der Waals surface area contributed by atoms with E-state index in [9.17, 15) is 4.79 Å². The molecule has 3 aromatic rings. The fourth-order valence-electron chi connectivity index (χ4n) is 3.26. The molecule has 0 fully saturated rings. The van der Waals surface area contributed by atoms with Gasteiger partial charge < -0.3 is 10.1 Å². The van der Waals surface area contributed by atoms with Crippen molar-refractivity contribution in [3.05, 3.63) is 70.5 Å². The molecule has 0 bridgehead atoms. The molecule has 0 saturated carbocycles. The summed E-state index contributed by atoms with van der Waals surface area (Å²) in [6.45, 7) is 1.98. The number of rotatable bonds is 2. The minimum atomic E-state index is -0.161. The molecule has 0 spiro atoms. The van der Waals surface area contributed by atoms with Gasteiger partial charge in [0.15, 0.2) is 11.8 Å². The lowest BCUT2D eigenvalue weighted by Crippen LogP contribution is -2.26. The number of hydrogen-bond donors (Lipinski definition) is 1. The van der Waals surface area contributed by atoms with Crippen molar-refractivity contribution in [1.29, 1.82) is 0 Å². The van der Waals surface area contributed by atoms with Gasteiger partial charge in [0.05, 0.1) is 28.5 Å². The molecule has 3 heterocycles. The topological polar surface area (TPSA) is 68.5 Å². The molecule has 1 amide bonds. The molecule has 1 N–H and O–H groups in total. The molecule has 1 unspecified atom stereocenters. The second-order valence-corrected chi connectivity index (χ2v) is 8.10. The summed E-state index contributed by atoms with van der Waals surface area (Å²) < 4.78 is 7.28. The maximum atomic E-state index is 11.7. The quantitative estimate of drug-likeness (QED) is 0.684. The lowest BCUT2D eigenvalue weighted by molar-refractivity contribution is -0.118. The number of carbonyl (C=O) groups is 1. The summed E-state index contributed by atoms with van der Waals surface area (Å²) in [5.74, 6) is 0.501. The molecule has 28 heavy (non-hydrogen) atoms. The molecule has 0 saturated heterocycles.